The van der Waals surface area contributed by atoms with Crippen LogP contribution in [0.2, 0.25) is 0 Å². The fraction of sp³-hybridized carbons (Fsp3) is 0.231. The summed E-state index contributed by atoms with van der Waals surface area (Å²) < 4.78 is 12.1. The molecule has 1 aromatic carbocycles. The first-order valence-electron chi connectivity index (χ1n) is 6.02. The molecule has 1 aromatic heterocycles. The van der Waals surface area contributed by atoms with Crippen LogP contribution < -0.4 is 15.3 Å². The van der Waals surface area contributed by atoms with Crippen LogP contribution in [0.1, 0.15) is 5.82 Å². The Morgan fingerprint density at radius 3 is 2.90 bits per heavy atom. The molecule has 0 aliphatic carbocycles. The van der Waals surface area contributed by atoms with Crippen LogP contribution in [0.3, 0.4) is 0 Å². The molecule has 0 unspecified atom stereocenters. The summed E-state index contributed by atoms with van der Waals surface area (Å²) in [5, 5.41) is 9.05. The van der Waals surface area contributed by atoms with Crippen LogP contribution in [0.25, 0.3) is 0 Å². The number of nitrogens with two attached hydrogens (primary N) is 1. The number of methoxy groups -OCH3 is 1. The van der Waals surface area contributed by atoms with Crippen molar-refractivity contribution in [3.8, 4) is 11.5 Å². The standard InChI is InChI=1S/C13H15ClN4O2S/c1-9(14)8-21-13-17-16-12(18(13)15)7-20-11-5-3-4-10(6-11)19-2/h3-6H,1,7-8,15H2,2H3. The van der Waals surface area contributed by atoms with Crippen LogP contribution in [0, 0.1) is 0 Å². The largest absolute Gasteiger partial charge is 0.497 e. The lowest BCUT2D eigenvalue weighted by Crippen LogP contribution is -2.15. The number of halogens is 1. The second kappa shape index (κ2) is 7.24. The quantitative estimate of drug-likeness (QED) is 0.622. The zero-order valence-corrected chi connectivity index (χ0v) is 13.0. The first-order chi connectivity index (χ1) is 10.1. The van der Waals surface area contributed by atoms with Crippen LogP contribution in [0.15, 0.2) is 41.0 Å². The average Bonchev–Trinajstić information content (AvgIpc) is 2.83. The van der Waals surface area contributed by atoms with E-state index in [-0.39, 0.29) is 6.61 Å². The Morgan fingerprint density at radius 1 is 1.43 bits per heavy atom. The fourth-order valence-electron chi connectivity index (χ4n) is 1.49. The minimum atomic E-state index is 0.207. The van der Waals surface area contributed by atoms with Crippen LogP contribution in [-0.4, -0.2) is 27.7 Å². The summed E-state index contributed by atoms with van der Waals surface area (Å²) in [6, 6.07) is 7.29. The van der Waals surface area contributed by atoms with Gasteiger partial charge in [-0.3, -0.25) is 0 Å². The maximum atomic E-state index is 5.90. The number of benzene rings is 1. The van der Waals surface area contributed by atoms with Gasteiger partial charge in [-0.1, -0.05) is 36.0 Å². The van der Waals surface area contributed by atoms with Gasteiger partial charge in [0.15, 0.2) is 5.82 Å². The molecule has 6 nitrogen and oxygen atoms in total. The molecule has 8 heteroatoms. The average molecular weight is 327 g/mol. The van der Waals surface area contributed by atoms with Gasteiger partial charge in [0.25, 0.3) is 0 Å². The van der Waals surface area contributed by atoms with E-state index in [2.05, 4.69) is 16.8 Å². The Kier molecular flexibility index (Phi) is 5.35. The highest BCUT2D eigenvalue weighted by molar-refractivity contribution is 7.99. The summed E-state index contributed by atoms with van der Waals surface area (Å²) in [7, 11) is 1.60. The third-order valence-corrected chi connectivity index (χ3v) is 3.82. The Hall–Kier alpha value is -1.86. The Bertz CT molecular complexity index is 632. The topological polar surface area (TPSA) is 75.2 Å². The summed E-state index contributed by atoms with van der Waals surface area (Å²) >= 11 is 7.07. The SMILES string of the molecule is C=C(Cl)CSc1nnc(COc2cccc(OC)c2)n1N. The van der Waals surface area contributed by atoms with Gasteiger partial charge in [0.05, 0.1) is 7.11 Å². The molecule has 112 valence electrons. The maximum absolute atomic E-state index is 5.90. The summed E-state index contributed by atoms with van der Waals surface area (Å²) in [4.78, 5) is 0. The molecule has 0 radical (unpaired) electrons. The fourth-order valence-corrected chi connectivity index (χ4v) is 2.28. The third kappa shape index (κ3) is 4.30. The molecule has 0 aliphatic rings. The zero-order valence-electron chi connectivity index (χ0n) is 11.5. The smallest absolute Gasteiger partial charge is 0.210 e. The van der Waals surface area contributed by atoms with Crippen LogP contribution in [0.5, 0.6) is 11.5 Å². The number of aromatic nitrogens is 3. The molecule has 0 saturated carbocycles. The van der Waals surface area contributed by atoms with Gasteiger partial charge >= 0.3 is 0 Å². The number of ether oxygens (including phenoxy) is 2. The Balaban J connectivity index is 1.98. The predicted octanol–water partition coefficient (Wildman–Crippen LogP) is 2.42. The molecule has 0 amide bonds. The van der Waals surface area contributed by atoms with Gasteiger partial charge in [-0.25, -0.2) is 4.68 Å². The van der Waals surface area contributed by atoms with Crippen molar-refractivity contribution in [2.45, 2.75) is 11.8 Å². The Morgan fingerprint density at radius 2 is 2.19 bits per heavy atom. The highest BCUT2D eigenvalue weighted by atomic mass is 35.5. The second-order valence-corrected chi connectivity index (χ2v) is 5.52. The van der Waals surface area contributed by atoms with Gasteiger partial charge in [-0.05, 0) is 12.1 Å². The number of thioether (sulfide) groups is 1. The molecule has 0 bridgehead atoms. The maximum Gasteiger partial charge on any atom is 0.210 e. The molecule has 1 heterocycles. The van der Waals surface area contributed by atoms with Crippen molar-refractivity contribution in [2.24, 2.45) is 0 Å². The van der Waals surface area contributed by atoms with Crippen LogP contribution in [0.4, 0.5) is 0 Å². The summed E-state index contributed by atoms with van der Waals surface area (Å²) in [6.45, 7) is 3.82. The molecule has 21 heavy (non-hydrogen) atoms. The number of nitrogens with zero attached hydrogens (tertiary/aromatic N) is 3. The van der Waals surface area contributed by atoms with E-state index in [1.54, 1.807) is 13.2 Å². The molecule has 0 fully saturated rings. The van der Waals surface area contributed by atoms with Crippen LogP contribution >= 0.6 is 23.4 Å². The predicted molar refractivity (Wildman–Crippen MR) is 83.2 cm³/mol. The van der Waals surface area contributed by atoms with E-state index < -0.39 is 0 Å². The van der Waals surface area contributed by atoms with Crippen molar-refractivity contribution < 1.29 is 9.47 Å². The summed E-state index contributed by atoms with van der Waals surface area (Å²) in [6.07, 6.45) is 0. The number of hydrogen-bond acceptors (Lipinski definition) is 6. The highest BCUT2D eigenvalue weighted by Gasteiger charge is 2.11. The lowest BCUT2D eigenvalue weighted by Gasteiger charge is -2.07. The highest BCUT2D eigenvalue weighted by Crippen LogP contribution is 2.21. The van der Waals surface area contributed by atoms with Gasteiger partial charge in [-0.15, -0.1) is 10.2 Å². The lowest BCUT2D eigenvalue weighted by molar-refractivity contribution is 0.289. The first-order valence-corrected chi connectivity index (χ1v) is 7.39. The van der Waals surface area contributed by atoms with Crippen molar-refractivity contribution in [3.63, 3.8) is 0 Å². The minimum Gasteiger partial charge on any atom is -0.497 e. The lowest BCUT2D eigenvalue weighted by atomic mass is 10.3. The van der Waals surface area contributed by atoms with E-state index in [0.717, 1.165) is 5.75 Å². The number of nitrogen functional groups attached to an aromatic ring is 1. The van der Waals surface area contributed by atoms with E-state index in [0.29, 0.717) is 27.5 Å². The summed E-state index contributed by atoms with van der Waals surface area (Å²) in [5.74, 6) is 8.33. The first kappa shape index (κ1) is 15.5. The second-order valence-electron chi connectivity index (χ2n) is 4.04. The van der Waals surface area contributed by atoms with Gasteiger partial charge in [0.2, 0.25) is 5.16 Å². The van der Waals surface area contributed by atoms with Gasteiger partial charge in [0.1, 0.15) is 18.1 Å². The van der Waals surface area contributed by atoms with Gasteiger partial charge in [-0.2, -0.15) is 0 Å². The molecule has 0 spiro atoms. The molecule has 0 aliphatic heterocycles. The molecule has 2 aromatic rings. The van der Waals surface area contributed by atoms with E-state index >= 15 is 0 Å². The molecule has 0 atom stereocenters. The molecular formula is C13H15ClN4O2S. The van der Waals surface area contributed by atoms with E-state index in [4.69, 9.17) is 26.9 Å². The van der Waals surface area contributed by atoms with Crippen LogP contribution in [-0.2, 0) is 6.61 Å². The van der Waals surface area contributed by atoms with Gasteiger partial charge < -0.3 is 15.3 Å². The van der Waals surface area contributed by atoms with Crippen molar-refractivity contribution in [1.29, 1.82) is 0 Å². The Labute approximate surface area is 131 Å². The number of hydrogen-bond donors (Lipinski definition) is 1. The van der Waals surface area contributed by atoms with Crippen molar-refractivity contribution in [3.05, 3.63) is 41.7 Å². The molecule has 2 N–H and O–H groups in total. The third-order valence-electron chi connectivity index (χ3n) is 2.50. The molecule has 0 saturated heterocycles. The van der Waals surface area contributed by atoms with Crippen molar-refractivity contribution in [2.75, 3.05) is 18.7 Å². The minimum absolute atomic E-state index is 0.207. The van der Waals surface area contributed by atoms with E-state index in [1.807, 2.05) is 18.2 Å². The van der Waals surface area contributed by atoms with E-state index in [1.165, 1.54) is 16.4 Å². The molecular weight excluding hydrogens is 312 g/mol. The van der Waals surface area contributed by atoms with Crippen molar-refractivity contribution >= 4 is 23.4 Å². The normalized spacial score (nSPS) is 10.4. The monoisotopic (exact) mass is 326 g/mol. The summed E-state index contributed by atoms with van der Waals surface area (Å²) in [5.41, 5.74) is 0. The van der Waals surface area contributed by atoms with Crippen molar-refractivity contribution in [1.82, 2.24) is 14.9 Å². The number of rotatable bonds is 7. The van der Waals surface area contributed by atoms with Gasteiger partial charge in [0, 0.05) is 16.9 Å². The zero-order chi connectivity index (χ0) is 15.2. The van der Waals surface area contributed by atoms with E-state index in [9.17, 15) is 0 Å². The molecule has 2 rings (SSSR count).